The van der Waals surface area contributed by atoms with E-state index in [4.69, 9.17) is 9.47 Å². The van der Waals surface area contributed by atoms with Crippen LogP contribution in [0, 0.1) is 5.82 Å². The number of benzene rings is 2. The molecule has 31 heavy (non-hydrogen) atoms. The Morgan fingerprint density at radius 1 is 1.03 bits per heavy atom. The number of rotatable bonds is 3. The molecule has 0 bridgehead atoms. The molecule has 2 saturated heterocycles. The van der Waals surface area contributed by atoms with Gasteiger partial charge in [-0.25, -0.2) is 4.39 Å². The number of hydrogen-bond acceptors (Lipinski definition) is 6. The smallest absolute Gasteiger partial charge is 0.259 e. The molecule has 0 saturated carbocycles. The average molecular weight is 427 g/mol. The SMILES string of the molecule is O=C(c1ccc(C2Nc3ccc(F)cc3O2)cc1)N1CCN(C(=O)C2(O)COC2)CC1. The fourth-order valence-electron chi connectivity index (χ4n) is 3.97. The molecule has 3 heterocycles. The Bertz CT molecular complexity index is 1020. The monoisotopic (exact) mass is 427 g/mol. The van der Waals surface area contributed by atoms with Crippen molar-refractivity contribution < 1.29 is 28.6 Å². The summed E-state index contributed by atoms with van der Waals surface area (Å²) >= 11 is 0. The van der Waals surface area contributed by atoms with Crippen LogP contribution in [0.25, 0.3) is 0 Å². The van der Waals surface area contributed by atoms with Crippen molar-refractivity contribution in [2.45, 2.75) is 11.8 Å². The third-order valence-electron chi connectivity index (χ3n) is 5.87. The lowest BCUT2D eigenvalue weighted by Gasteiger charge is -2.42. The molecule has 2 N–H and O–H groups in total. The third kappa shape index (κ3) is 3.60. The van der Waals surface area contributed by atoms with E-state index in [-0.39, 0.29) is 30.8 Å². The van der Waals surface area contributed by atoms with Gasteiger partial charge < -0.3 is 29.7 Å². The van der Waals surface area contributed by atoms with Crippen molar-refractivity contribution in [1.29, 1.82) is 0 Å². The molecule has 5 rings (SSSR count). The first-order valence-corrected chi connectivity index (χ1v) is 10.1. The van der Waals surface area contributed by atoms with E-state index >= 15 is 0 Å². The maximum Gasteiger partial charge on any atom is 0.259 e. The van der Waals surface area contributed by atoms with Crippen LogP contribution in [0.4, 0.5) is 10.1 Å². The van der Waals surface area contributed by atoms with Gasteiger partial charge in [-0.05, 0) is 24.3 Å². The second kappa shape index (κ2) is 7.51. The van der Waals surface area contributed by atoms with Crippen molar-refractivity contribution in [2.24, 2.45) is 0 Å². The lowest BCUT2D eigenvalue weighted by molar-refractivity contribution is -0.201. The Hall–Kier alpha value is -3.17. The van der Waals surface area contributed by atoms with Crippen LogP contribution in [0.15, 0.2) is 42.5 Å². The van der Waals surface area contributed by atoms with Crippen molar-refractivity contribution in [3.8, 4) is 5.75 Å². The van der Waals surface area contributed by atoms with Crippen molar-refractivity contribution in [1.82, 2.24) is 9.80 Å². The summed E-state index contributed by atoms with van der Waals surface area (Å²) in [6.45, 7) is 1.60. The summed E-state index contributed by atoms with van der Waals surface area (Å²) in [6.07, 6.45) is -0.447. The topological polar surface area (TPSA) is 91.3 Å². The standard InChI is InChI=1S/C22H22FN3O5/c23-16-5-6-17-18(11-16)31-19(24-17)14-1-3-15(4-2-14)20(27)25-7-9-26(10-8-25)21(28)22(29)12-30-13-22/h1-6,11,19,24,29H,7-10,12-13H2. The van der Waals surface area contributed by atoms with E-state index in [1.54, 1.807) is 40.1 Å². The van der Waals surface area contributed by atoms with Crippen LogP contribution in [0.3, 0.4) is 0 Å². The molecule has 9 heteroatoms. The molecule has 0 radical (unpaired) electrons. The van der Waals surface area contributed by atoms with Gasteiger partial charge in [-0.15, -0.1) is 0 Å². The zero-order valence-electron chi connectivity index (χ0n) is 16.7. The largest absolute Gasteiger partial charge is 0.464 e. The Morgan fingerprint density at radius 2 is 1.71 bits per heavy atom. The van der Waals surface area contributed by atoms with Crippen molar-refractivity contribution in [3.63, 3.8) is 0 Å². The first-order valence-electron chi connectivity index (χ1n) is 10.1. The molecule has 3 aliphatic rings. The summed E-state index contributed by atoms with van der Waals surface area (Å²) in [6, 6.07) is 11.4. The Morgan fingerprint density at radius 3 is 2.35 bits per heavy atom. The van der Waals surface area contributed by atoms with Crippen LogP contribution in [0.2, 0.25) is 0 Å². The highest BCUT2D eigenvalue weighted by atomic mass is 19.1. The molecular weight excluding hydrogens is 405 g/mol. The first kappa shape index (κ1) is 19.8. The molecule has 0 aliphatic carbocycles. The van der Waals surface area contributed by atoms with Gasteiger partial charge in [-0.2, -0.15) is 0 Å². The number of piperazine rings is 1. The molecule has 1 atom stereocenters. The summed E-state index contributed by atoms with van der Waals surface area (Å²) in [4.78, 5) is 28.5. The van der Waals surface area contributed by atoms with E-state index in [9.17, 15) is 19.1 Å². The molecule has 8 nitrogen and oxygen atoms in total. The van der Waals surface area contributed by atoms with E-state index in [0.717, 1.165) is 11.3 Å². The zero-order valence-corrected chi connectivity index (χ0v) is 16.7. The number of amides is 2. The van der Waals surface area contributed by atoms with Gasteiger partial charge in [0.15, 0.2) is 11.8 Å². The van der Waals surface area contributed by atoms with Crippen LogP contribution in [-0.2, 0) is 9.53 Å². The number of anilines is 1. The molecule has 2 aromatic carbocycles. The van der Waals surface area contributed by atoms with Crippen LogP contribution < -0.4 is 10.1 Å². The number of aliphatic hydroxyl groups is 1. The van der Waals surface area contributed by atoms with Crippen molar-refractivity contribution >= 4 is 17.5 Å². The Labute approximate surface area is 178 Å². The van der Waals surface area contributed by atoms with E-state index in [1.807, 2.05) is 0 Å². The predicted molar refractivity (Wildman–Crippen MR) is 108 cm³/mol. The Balaban J connectivity index is 1.19. The Kier molecular flexibility index (Phi) is 4.79. The second-order valence-electron chi connectivity index (χ2n) is 8.01. The van der Waals surface area contributed by atoms with Crippen LogP contribution >= 0.6 is 0 Å². The van der Waals surface area contributed by atoms with Gasteiger partial charge in [0.1, 0.15) is 11.6 Å². The molecule has 2 aromatic rings. The summed E-state index contributed by atoms with van der Waals surface area (Å²) < 4.78 is 24.1. The number of ether oxygens (including phenoxy) is 2. The molecule has 0 aromatic heterocycles. The normalized spacial score (nSPS) is 21.5. The quantitative estimate of drug-likeness (QED) is 0.769. The van der Waals surface area contributed by atoms with Crippen molar-refractivity contribution in [2.75, 3.05) is 44.7 Å². The van der Waals surface area contributed by atoms with Gasteiger partial charge in [0.25, 0.3) is 11.8 Å². The lowest BCUT2D eigenvalue weighted by atomic mass is 10.00. The molecular formula is C22H22FN3O5. The molecule has 162 valence electrons. The number of nitrogens with one attached hydrogen (secondary N) is 1. The maximum atomic E-state index is 13.4. The molecule has 1 unspecified atom stereocenters. The number of halogens is 1. The minimum Gasteiger partial charge on any atom is -0.464 e. The number of hydrogen-bond donors (Lipinski definition) is 2. The lowest BCUT2D eigenvalue weighted by Crippen LogP contribution is -2.64. The van der Waals surface area contributed by atoms with E-state index in [2.05, 4.69) is 5.32 Å². The number of carbonyl (C=O) groups is 2. The fraction of sp³-hybridized carbons (Fsp3) is 0.364. The highest BCUT2D eigenvalue weighted by Gasteiger charge is 2.46. The van der Waals surface area contributed by atoms with Gasteiger partial charge in [0.05, 0.1) is 18.9 Å². The molecule has 2 amide bonds. The highest BCUT2D eigenvalue weighted by Crippen LogP contribution is 2.38. The van der Waals surface area contributed by atoms with Gasteiger partial charge >= 0.3 is 0 Å². The van der Waals surface area contributed by atoms with Crippen LogP contribution in [0.5, 0.6) is 5.75 Å². The highest BCUT2D eigenvalue weighted by molar-refractivity contribution is 5.94. The maximum absolute atomic E-state index is 13.4. The van der Waals surface area contributed by atoms with Crippen LogP contribution in [0.1, 0.15) is 22.1 Å². The first-order chi connectivity index (χ1) is 14.9. The number of nitrogens with zero attached hydrogens (tertiary/aromatic N) is 2. The van der Waals surface area contributed by atoms with Gasteiger partial charge in [0, 0.05) is 43.4 Å². The van der Waals surface area contributed by atoms with Crippen LogP contribution in [-0.4, -0.2) is 71.7 Å². The van der Waals surface area contributed by atoms with Gasteiger partial charge in [-0.3, -0.25) is 9.59 Å². The number of fused-ring (bicyclic) bond motifs is 1. The third-order valence-corrected chi connectivity index (χ3v) is 5.87. The fourth-order valence-corrected chi connectivity index (χ4v) is 3.97. The summed E-state index contributed by atoms with van der Waals surface area (Å²) in [5.74, 6) is -0.357. The molecule has 0 spiro atoms. The van der Waals surface area contributed by atoms with E-state index in [0.29, 0.717) is 37.5 Å². The van der Waals surface area contributed by atoms with Gasteiger partial charge in [-0.1, -0.05) is 12.1 Å². The predicted octanol–water partition coefficient (Wildman–Crippen LogP) is 1.37. The summed E-state index contributed by atoms with van der Waals surface area (Å²) in [5.41, 5.74) is 0.664. The molecule has 3 aliphatic heterocycles. The summed E-state index contributed by atoms with van der Waals surface area (Å²) in [5, 5.41) is 13.3. The second-order valence-corrected chi connectivity index (χ2v) is 8.01. The average Bonchev–Trinajstić information content (AvgIpc) is 3.20. The number of carbonyl (C=O) groups excluding carboxylic acids is 2. The minimum absolute atomic E-state index is 0.0247. The summed E-state index contributed by atoms with van der Waals surface area (Å²) in [7, 11) is 0. The van der Waals surface area contributed by atoms with E-state index < -0.39 is 11.8 Å². The zero-order chi connectivity index (χ0) is 21.6. The van der Waals surface area contributed by atoms with Gasteiger partial charge in [0.2, 0.25) is 0 Å². The molecule has 2 fully saturated rings. The van der Waals surface area contributed by atoms with Crippen molar-refractivity contribution in [3.05, 3.63) is 59.4 Å². The van der Waals surface area contributed by atoms with E-state index in [1.165, 1.54) is 12.1 Å². The minimum atomic E-state index is -1.41.